The monoisotopic (exact) mass is 316 g/mol. The van der Waals surface area contributed by atoms with Crippen molar-refractivity contribution in [3.63, 3.8) is 0 Å². The molecule has 6 heteroatoms. The summed E-state index contributed by atoms with van der Waals surface area (Å²) in [5.74, 6) is 0.146. The van der Waals surface area contributed by atoms with Crippen molar-refractivity contribution in [1.29, 1.82) is 0 Å². The van der Waals surface area contributed by atoms with E-state index >= 15 is 0 Å². The fourth-order valence-electron chi connectivity index (χ4n) is 1.73. The zero-order chi connectivity index (χ0) is 15.3. The van der Waals surface area contributed by atoms with E-state index in [9.17, 15) is 13.2 Å². The average molecular weight is 317 g/mol. The Bertz CT molecular complexity index is 585. The second kappa shape index (κ2) is 6.72. The molecule has 0 aromatic heterocycles. The smallest absolute Gasteiger partial charge is 0.489 e. The molecule has 2 rings (SSSR count). The second-order valence-electron chi connectivity index (χ2n) is 4.23. The van der Waals surface area contributed by atoms with Crippen molar-refractivity contribution in [3.05, 3.63) is 59.7 Å². The molecule has 2 nitrogen and oxygen atoms in total. The van der Waals surface area contributed by atoms with Crippen LogP contribution in [0.3, 0.4) is 0 Å². The Morgan fingerprint density at radius 3 is 2.33 bits per heavy atom. The molecular formula is C15H12ClF3O2. The van der Waals surface area contributed by atoms with E-state index in [1.54, 1.807) is 0 Å². The number of rotatable bonds is 5. The summed E-state index contributed by atoms with van der Waals surface area (Å²) in [6.07, 6.45) is -4.73. The molecule has 2 aromatic carbocycles. The van der Waals surface area contributed by atoms with Crippen LogP contribution in [0.2, 0.25) is 0 Å². The van der Waals surface area contributed by atoms with Gasteiger partial charge in [0.2, 0.25) is 0 Å². The molecule has 0 unspecified atom stereocenters. The highest BCUT2D eigenvalue weighted by Crippen LogP contribution is 2.29. The van der Waals surface area contributed by atoms with E-state index in [1.807, 2.05) is 30.3 Å². The molecule has 0 heterocycles. The molecule has 21 heavy (non-hydrogen) atoms. The lowest BCUT2D eigenvalue weighted by Gasteiger charge is -2.13. The quantitative estimate of drug-likeness (QED) is 0.730. The van der Waals surface area contributed by atoms with Crippen molar-refractivity contribution in [2.75, 3.05) is 0 Å². The Morgan fingerprint density at radius 2 is 1.71 bits per heavy atom. The van der Waals surface area contributed by atoms with Gasteiger partial charge in [-0.25, -0.2) is 0 Å². The van der Waals surface area contributed by atoms with Gasteiger partial charge in [0.05, 0.1) is 5.88 Å². The van der Waals surface area contributed by atoms with Gasteiger partial charge in [0.25, 0.3) is 0 Å². The zero-order valence-electron chi connectivity index (χ0n) is 10.9. The fraction of sp³-hybridized carbons (Fsp3) is 0.200. The van der Waals surface area contributed by atoms with Gasteiger partial charge in [-0.1, -0.05) is 30.3 Å². The zero-order valence-corrected chi connectivity index (χ0v) is 11.6. The van der Waals surface area contributed by atoms with Crippen LogP contribution >= 0.6 is 11.6 Å². The highest BCUT2D eigenvalue weighted by Gasteiger charge is 2.31. The van der Waals surface area contributed by atoms with Crippen molar-refractivity contribution < 1.29 is 22.6 Å². The third-order valence-corrected chi connectivity index (χ3v) is 2.93. The minimum Gasteiger partial charge on any atom is -0.489 e. The molecule has 0 bridgehead atoms. The van der Waals surface area contributed by atoms with E-state index in [-0.39, 0.29) is 11.6 Å². The largest absolute Gasteiger partial charge is 0.573 e. The molecule has 0 spiro atoms. The van der Waals surface area contributed by atoms with Gasteiger partial charge in [-0.2, -0.15) is 0 Å². The van der Waals surface area contributed by atoms with Crippen molar-refractivity contribution in [2.24, 2.45) is 0 Å². The van der Waals surface area contributed by atoms with Crippen LogP contribution < -0.4 is 9.47 Å². The number of halogens is 4. The van der Waals surface area contributed by atoms with Crippen LogP contribution in [0.25, 0.3) is 0 Å². The maximum atomic E-state index is 12.2. The first-order valence-electron chi connectivity index (χ1n) is 6.09. The summed E-state index contributed by atoms with van der Waals surface area (Å²) >= 11 is 5.74. The SMILES string of the molecule is FC(F)(F)Oc1ccc(OCc2ccccc2)c(CCl)c1. The number of hydrogen-bond donors (Lipinski definition) is 0. The standard InChI is InChI=1S/C15H12ClF3O2/c16-9-12-8-13(21-15(17,18)19)6-7-14(12)20-10-11-4-2-1-3-5-11/h1-8H,9-10H2. The minimum absolute atomic E-state index is 0.0270. The van der Waals surface area contributed by atoms with Crippen molar-refractivity contribution in [3.8, 4) is 11.5 Å². The predicted molar refractivity (Wildman–Crippen MR) is 73.5 cm³/mol. The van der Waals surface area contributed by atoms with Gasteiger partial charge in [-0.05, 0) is 23.8 Å². The first kappa shape index (κ1) is 15.5. The van der Waals surface area contributed by atoms with E-state index in [4.69, 9.17) is 16.3 Å². The van der Waals surface area contributed by atoms with Gasteiger partial charge in [0, 0.05) is 5.56 Å². The third kappa shape index (κ3) is 4.86. The number of alkyl halides is 4. The Balaban J connectivity index is 2.09. The first-order valence-corrected chi connectivity index (χ1v) is 6.63. The first-order chi connectivity index (χ1) is 9.98. The maximum absolute atomic E-state index is 12.2. The molecule has 0 fully saturated rings. The summed E-state index contributed by atoms with van der Waals surface area (Å²) in [5.41, 5.74) is 1.39. The molecular weight excluding hydrogens is 305 g/mol. The second-order valence-corrected chi connectivity index (χ2v) is 4.49. The Hall–Kier alpha value is -1.88. The predicted octanol–water partition coefficient (Wildman–Crippen LogP) is 4.90. The summed E-state index contributed by atoms with van der Waals surface area (Å²) in [6.45, 7) is 0.310. The molecule has 112 valence electrons. The number of hydrogen-bond acceptors (Lipinski definition) is 2. The molecule has 0 aliphatic rings. The molecule has 0 N–H and O–H groups in total. The van der Waals surface area contributed by atoms with E-state index in [2.05, 4.69) is 4.74 Å². The highest BCUT2D eigenvalue weighted by molar-refractivity contribution is 6.17. The molecule has 0 saturated heterocycles. The van der Waals surface area contributed by atoms with Gasteiger partial charge >= 0.3 is 6.36 Å². The molecule has 0 saturated carbocycles. The molecule has 0 aliphatic heterocycles. The topological polar surface area (TPSA) is 18.5 Å². The highest BCUT2D eigenvalue weighted by atomic mass is 35.5. The van der Waals surface area contributed by atoms with Gasteiger partial charge in [-0.15, -0.1) is 24.8 Å². The molecule has 0 amide bonds. The molecule has 0 radical (unpaired) electrons. The number of ether oxygens (including phenoxy) is 2. The molecule has 0 aliphatic carbocycles. The summed E-state index contributed by atoms with van der Waals surface area (Å²) < 4.78 is 45.9. The lowest BCUT2D eigenvalue weighted by Crippen LogP contribution is -2.17. The number of benzene rings is 2. The van der Waals surface area contributed by atoms with Crippen LogP contribution in [0, 0.1) is 0 Å². The van der Waals surface area contributed by atoms with Crippen LogP contribution in [-0.2, 0) is 12.5 Å². The van der Waals surface area contributed by atoms with Crippen molar-refractivity contribution in [2.45, 2.75) is 18.8 Å². The van der Waals surface area contributed by atoms with Gasteiger partial charge < -0.3 is 9.47 Å². The van der Waals surface area contributed by atoms with Gasteiger partial charge in [0.1, 0.15) is 18.1 Å². The molecule has 2 aromatic rings. The van der Waals surface area contributed by atoms with E-state index in [1.165, 1.54) is 18.2 Å². The van der Waals surface area contributed by atoms with Crippen LogP contribution in [0.4, 0.5) is 13.2 Å². The van der Waals surface area contributed by atoms with Crippen LogP contribution in [0.1, 0.15) is 11.1 Å². The van der Waals surface area contributed by atoms with Crippen molar-refractivity contribution in [1.82, 2.24) is 0 Å². The summed E-state index contributed by atoms with van der Waals surface area (Å²) in [7, 11) is 0. The molecule has 0 atom stereocenters. The minimum atomic E-state index is -4.73. The van der Waals surface area contributed by atoms with Gasteiger partial charge in [-0.3, -0.25) is 0 Å². The Labute approximate surface area is 125 Å². The third-order valence-electron chi connectivity index (χ3n) is 2.65. The fourth-order valence-corrected chi connectivity index (χ4v) is 1.94. The van der Waals surface area contributed by atoms with Crippen LogP contribution in [0.15, 0.2) is 48.5 Å². The van der Waals surface area contributed by atoms with E-state index < -0.39 is 6.36 Å². The van der Waals surface area contributed by atoms with Crippen LogP contribution in [0.5, 0.6) is 11.5 Å². The lowest BCUT2D eigenvalue weighted by atomic mass is 10.2. The Kier molecular flexibility index (Phi) is 4.96. The summed E-state index contributed by atoms with van der Waals surface area (Å²) in [6, 6.07) is 13.3. The van der Waals surface area contributed by atoms with Gasteiger partial charge in [0.15, 0.2) is 0 Å². The van der Waals surface area contributed by atoms with Crippen molar-refractivity contribution >= 4 is 11.6 Å². The summed E-state index contributed by atoms with van der Waals surface area (Å²) in [4.78, 5) is 0. The van der Waals surface area contributed by atoms with E-state index in [0.717, 1.165) is 5.56 Å². The Morgan fingerprint density at radius 1 is 1.00 bits per heavy atom. The average Bonchev–Trinajstić information content (AvgIpc) is 2.45. The van der Waals surface area contributed by atoms with E-state index in [0.29, 0.717) is 17.9 Å². The summed E-state index contributed by atoms with van der Waals surface area (Å²) in [5, 5.41) is 0. The van der Waals surface area contributed by atoms with Crippen LogP contribution in [-0.4, -0.2) is 6.36 Å². The lowest BCUT2D eigenvalue weighted by molar-refractivity contribution is -0.274. The normalized spacial score (nSPS) is 11.2. The maximum Gasteiger partial charge on any atom is 0.573 e.